The van der Waals surface area contributed by atoms with Crippen molar-refractivity contribution in [3.63, 3.8) is 0 Å². The lowest BCUT2D eigenvalue weighted by atomic mass is 10.2. The third-order valence-electron chi connectivity index (χ3n) is 3.05. The van der Waals surface area contributed by atoms with Crippen molar-refractivity contribution in [2.45, 2.75) is 6.54 Å². The van der Waals surface area contributed by atoms with Gasteiger partial charge in [-0.15, -0.1) is 11.3 Å². The quantitative estimate of drug-likeness (QED) is 0.723. The lowest BCUT2D eigenvalue weighted by Gasteiger charge is -2.04. The second-order valence-electron chi connectivity index (χ2n) is 4.58. The molecule has 0 aliphatic heterocycles. The molecule has 1 aromatic heterocycles. The molecule has 0 spiro atoms. The van der Waals surface area contributed by atoms with Gasteiger partial charge in [0.2, 0.25) is 0 Å². The predicted octanol–water partition coefficient (Wildman–Crippen LogP) is 3.41. The summed E-state index contributed by atoms with van der Waals surface area (Å²) in [5, 5.41) is 4.02. The van der Waals surface area contributed by atoms with Crippen LogP contribution < -0.4 is 11.1 Å². The minimum absolute atomic E-state index is 0.0476. The standard InChI is InChI=1S/C16H14N2OS/c17-13-6-3-4-11(8-13)10-18-16(19)15-9-12-5-1-2-7-14(12)20-15/h1-9H,10,17H2,(H,18,19). The van der Waals surface area contributed by atoms with E-state index in [9.17, 15) is 4.79 Å². The topological polar surface area (TPSA) is 55.1 Å². The number of carbonyl (C=O) groups excluding carboxylic acids is 1. The fraction of sp³-hybridized carbons (Fsp3) is 0.0625. The van der Waals surface area contributed by atoms with Crippen LogP contribution in [0.4, 0.5) is 5.69 Å². The Balaban J connectivity index is 1.73. The molecule has 3 aromatic rings. The fourth-order valence-corrected chi connectivity index (χ4v) is 3.05. The molecule has 100 valence electrons. The van der Waals surface area contributed by atoms with Crippen LogP contribution in [0.25, 0.3) is 10.1 Å². The number of hydrogen-bond donors (Lipinski definition) is 2. The van der Waals surface area contributed by atoms with Gasteiger partial charge in [-0.1, -0.05) is 30.3 Å². The first-order valence-electron chi connectivity index (χ1n) is 6.33. The Bertz CT molecular complexity index is 731. The Labute approximate surface area is 121 Å². The molecule has 0 fully saturated rings. The van der Waals surface area contributed by atoms with E-state index in [4.69, 9.17) is 5.73 Å². The maximum atomic E-state index is 12.1. The van der Waals surface area contributed by atoms with Gasteiger partial charge in [0.1, 0.15) is 0 Å². The number of amides is 1. The number of fused-ring (bicyclic) bond motifs is 1. The summed E-state index contributed by atoms with van der Waals surface area (Å²) < 4.78 is 1.13. The first-order valence-corrected chi connectivity index (χ1v) is 7.15. The van der Waals surface area contributed by atoms with E-state index >= 15 is 0 Å². The highest BCUT2D eigenvalue weighted by atomic mass is 32.1. The average molecular weight is 282 g/mol. The molecule has 3 nitrogen and oxygen atoms in total. The van der Waals surface area contributed by atoms with Crippen molar-refractivity contribution >= 4 is 33.0 Å². The zero-order valence-electron chi connectivity index (χ0n) is 10.8. The molecule has 0 aliphatic carbocycles. The Hall–Kier alpha value is -2.33. The lowest BCUT2D eigenvalue weighted by Crippen LogP contribution is -2.21. The van der Waals surface area contributed by atoms with Gasteiger partial charge < -0.3 is 11.1 Å². The molecular formula is C16H14N2OS. The molecule has 1 amide bonds. The Kier molecular flexibility index (Phi) is 3.39. The number of nitrogens with two attached hydrogens (primary N) is 1. The van der Waals surface area contributed by atoms with Crippen molar-refractivity contribution in [1.82, 2.24) is 5.32 Å². The summed E-state index contributed by atoms with van der Waals surface area (Å²) in [5.41, 5.74) is 7.42. The normalized spacial score (nSPS) is 10.6. The summed E-state index contributed by atoms with van der Waals surface area (Å²) in [6.07, 6.45) is 0. The highest BCUT2D eigenvalue weighted by molar-refractivity contribution is 7.20. The SMILES string of the molecule is Nc1cccc(CNC(=O)c2cc3ccccc3s2)c1. The number of rotatable bonds is 3. The number of benzene rings is 2. The molecule has 3 rings (SSSR count). The summed E-state index contributed by atoms with van der Waals surface area (Å²) in [6, 6.07) is 17.4. The van der Waals surface area contributed by atoms with Gasteiger partial charge in [0.05, 0.1) is 4.88 Å². The zero-order chi connectivity index (χ0) is 13.9. The van der Waals surface area contributed by atoms with Crippen LogP contribution in [-0.2, 0) is 6.54 Å². The third kappa shape index (κ3) is 2.65. The Morgan fingerprint density at radius 3 is 2.75 bits per heavy atom. The Morgan fingerprint density at radius 1 is 1.10 bits per heavy atom. The van der Waals surface area contributed by atoms with E-state index in [2.05, 4.69) is 5.32 Å². The van der Waals surface area contributed by atoms with Gasteiger partial charge in [-0.3, -0.25) is 4.79 Å². The predicted molar refractivity (Wildman–Crippen MR) is 83.8 cm³/mol. The summed E-state index contributed by atoms with van der Waals surface area (Å²) in [4.78, 5) is 12.9. The second kappa shape index (κ2) is 5.35. The van der Waals surface area contributed by atoms with Crippen LogP contribution in [0.15, 0.2) is 54.6 Å². The van der Waals surface area contributed by atoms with E-state index in [0.29, 0.717) is 12.2 Å². The molecule has 1 heterocycles. The molecule has 0 saturated heterocycles. The van der Waals surface area contributed by atoms with Crippen LogP contribution in [0.5, 0.6) is 0 Å². The van der Waals surface area contributed by atoms with Crippen molar-refractivity contribution < 1.29 is 4.79 Å². The van der Waals surface area contributed by atoms with Crippen molar-refractivity contribution in [2.24, 2.45) is 0 Å². The van der Waals surface area contributed by atoms with E-state index in [-0.39, 0.29) is 5.91 Å². The Morgan fingerprint density at radius 2 is 1.95 bits per heavy atom. The van der Waals surface area contributed by atoms with E-state index in [1.54, 1.807) is 0 Å². The summed E-state index contributed by atoms with van der Waals surface area (Å²) >= 11 is 1.51. The summed E-state index contributed by atoms with van der Waals surface area (Å²) in [6.45, 7) is 0.484. The van der Waals surface area contributed by atoms with Crippen molar-refractivity contribution in [3.05, 3.63) is 65.0 Å². The molecule has 0 atom stereocenters. The van der Waals surface area contributed by atoms with E-state index < -0.39 is 0 Å². The molecule has 0 saturated carbocycles. The first-order chi connectivity index (χ1) is 9.72. The molecule has 3 N–H and O–H groups in total. The number of anilines is 1. The highest BCUT2D eigenvalue weighted by Crippen LogP contribution is 2.25. The molecule has 20 heavy (non-hydrogen) atoms. The third-order valence-corrected chi connectivity index (χ3v) is 4.17. The van der Waals surface area contributed by atoms with Gasteiger partial charge in [-0.2, -0.15) is 0 Å². The van der Waals surface area contributed by atoms with Gasteiger partial charge in [-0.25, -0.2) is 0 Å². The molecular weight excluding hydrogens is 268 g/mol. The average Bonchev–Trinajstić information content (AvgIpc) is 2.89. The minimum atomic E-state index is -0.0476. The molecule has 0 radical (unpaired) electrons. The van der Waals surface area contributed by atoms with Crippen LogP contribution in [0.2, 0.25) is 0 Å². The zero-order valence-corrected chi connectivity index (χ0v) is 11.6. The highest BCUT2D eigenvalue weighted by Gasteiger charge is 2.09. The van der Waals surface area contributed by atoms with Gasteiger partial charge in [-0.05, 0) is 35.2 Å². The molecule has 0 bridgehead atoms. The monoisotopic (exact) mass is 282 g/mol. The first kappa shape index (κ1) is 12.7. The van der Waals surface area contributed by atoms with Gasteiger partial charge in [0.25, 0.3) is 5.91 Å². The van der Waals surface area contributed by atoms with Crippen LogP contribution in [0, 0.1) is 0 Å². The number of thiophene rings is 1. The van der Waals surface area contributed by atoms with E-state index in [1.807, 2.05) is 54.6 Å². The van der Waals surface area contributed by atoms with Crippen LogP contribution in [0.1, 0.15) is 15.2 Å². The lowest BCUT2D eigenvalue weighted by molar-refractivity contribution is 0.0955. The maximum Gasteiger partial charge on any atom is 0.261 e. The number of nitrogen functional groups attached to an aromatic ring is 1. The minimum Gasteiger partial charge on any atom is -0.399 e. The van der Waals surface area contributed by atoms with Crippen molar-refractivity contribution in [1.29, 1.82) is 0 Å². The van der Waals surface area contributed by atoms with E-state index in [1.165, 1.54) is 11.3 Å². The molecule has 2 aromatic carbocycles. The fourth-order valence-electron chi connectivity index (χ4n) is 2.07. The molecule has 0 aliphatic rings. The summed E-state index contributed by atoms with van der Waals surface area (Å²) in [7, 11) is 0. The molecule has 4 heteroatoms. The smallest absolute Gasteiger partial charge is 0.261 e. The molecule has 0 unspecified atom stereocenters. The summed E-state index contributed by atoms with van der Waals surface area (Å²) in [5.74, 6) is -0.0476. The number of carbonyl (C=O) groups is 1. The second-order valence-corrected chi connectivity index (χ2v) is 5.66. The van der Waals surface area contributed by atoms with Crippen LogP contribution in [0.3, 0.4) is 0 Å². The van der Waals surface area contributed by atoms with Gasteiger partial charge in [0.15, 0.2) is 0 Å². The van der Waals surface area contributed by atoms with E-state index in [0.717, 1.165) is 20.5 Å². The number of hydrogen-bond acceptors (Lipinski definition) is 3. The van der Waals surface area contributed by atoms with Crippen LogP contribution in [-0.4, -0.2) is 5.91 Å². The van der Waals surface area contributed by atoms with Gasteiger partial charge >= 0.3 is 0 Å². The maximum absolute atomic E-state index is 12.1. The van der Waals surface area contributed by atoms with Gasteiger partial charge in [0, 0.05) is 16.9 Å². The van der Waals surface area contributed by atoms with Crippen molar-refractivity contribution in [2.75, 3.05) is 5.73 Å². The van der Waals surface area contributed by atoms with Crippen LogP contribution >= 0.6 is 11.3 Å². The van der Waals surface area contributed by atoms with Crippen molar-refractivity contribution in [3.8, 4) is 0 Å². The number of nitrogens with one attached hydrogen (secondary N) is 1. The largest absolute Gasteiger partial charge is 0.399 e.